The van der Waals surface area contributed by atoms with Gasteiger partial charge < -0.3 is 15.5 Å². The molecule has 24 heavy (non-hydrogen) atoms. The molecule has 126 valence electrons. The van der Waals surface area contributed by atoms with Crippen molar-refractivity contribution in [2.24, 2.45) is 0 Å². The zero-order valence-electron chi connectivity index (χ0n) is 13.8. The van der Waals surface area contributed by atoms with Gasteiger partial charge in [-0.25, -0.2) is 4.98 Å². The average molecular weight is 326 g/mol. The van der Waals surface area contributed by atoms with Crippen molar-refractivity contribution in [3.8, 4) is 0 Å². The monoisotopic (exact) mass is 326 g/mol. The molecule has 1 aliphatic rings. The minimum Gasteiger partial charge on any atom is -0.370 e. The van der Waals surface area contributed by atoms with Gasteiger partial charge in [0.25, 0.3) is 0 Å². The van der Waals surface area contributed by atoms with Crippen molar-refractivity contribution in [2.45, 2.75) is 26.2 Å². The molecule has 2 aromatic heterocycles. The average Bonchev–Trinajstić information content (AvgIpc) is 3.00. The number of rotatable bonds is 7. The second-order valence-electron chi connectivity index (χ2n) is 5.85. The maximum Gasteiger partial charge on any atom is 0.229 e. The van der Waals surface area contributed by atoms with Gasteiger partial charge in [0.1, 0.15) is 5.82 Å². The summed E-state index contributed by atoms with van der Waals surface area (Å²) in [5.74, 6) is 1.63. The molecule has 0 aliphatic carbocycles. The van der Waals surface area contributed by atoms with Crippen molar-refractivity contribution >= 4 is 23.4 Å². The van der Waals surface area contributed by atoms with Crippen LogP contribution in [0.5, 0.6) is 0 Å². The molecule has 0 radical (unpaired) electrons. The highest BCUT2D eigenvalue weighted by atomic mass is 16.2. The van der Waals surface area contributed by atoms with Crippen molar-refractivity contribution in [3.63, 3.8) is 0 Å². The summed E-state index contributed by atoms with van der Waals surface area (Å²) in [4.78, 5) is 26.3. The van der Waals surface area contributed by atoms with Crippen molar-refractivity contribution in [1.82, 2.24) is 19.9 Å². The predicted molar refractivity (Wildman–Crippen MR) is 93.2 cm³/mol. The molecule has 2 aromatic rings. The first-order valence-corrected chi connectivity index (χ1v) is 8.25. The Balaban J connectivity index is 1.53. The van der Waals surface area contributed by atoms with Gasteiger partial charge in [0.05, 0.1) is 0 Å². The lowest BCUT2D eigenvalue weighted by atomic mass is 10.3. The van der Waals surface area contributed by atoms with E-state index in [1.165, 1.54) is 0 Å². The molecule has 3 rings (SSSR count). The molecule has 7 nitrogen and oxygen atoms in total. The molecule has 0 unspecified atom stereocenters. The highest BCUT2D eigenvalue weighted by Gasteiger charge is 2.18. The molecule has 1 fully saturated rings. The minimum atomic E-state index is 0.275. The minimum absolute atomic E-state index is 0.275. The van der Waals surface area contributed by atoms with Crippen molar-refractivity contribution in [3.05, 3.63) is 36.3 Å². The molecular formula is C17H22N6O. The number of aryl methyl sites for hydroxylation is 1. The number of likely N-dealkylation sites (tertiary alicyclic amines) is 1. The van der Waals surface area contributed by atoms with Gasteiger partial charge in [0.15, 0.2) is 0 Å². The number of carbonyl (C=O) groups excluding carboxylic acids is 1. The van der Waals surface area contributed by atoms with E-state index >= 15 is 0 Å². The van der Waals surface area contributed by atoms with Gasteiger partial charge in [0.2, 0.25) is 11.9 Å². The third-order valence-electron chi connectivity index (χ3n) is 3.98. The fraction of sp³-hybridized carbons (Fsp3) is 0.412. The van der Waals surface area contributed by atoms with E-state index in [1.54, 1.807) is 18.6 Å². The highest BCUT2D eigenvalue weighted by molar-refractivity contribution is 5.78. The van der Waals surface area contributed by atoms with E-state index in [1.807, 2.05) is 24.0 Å². The molecule has 0 atom stereocenters. The first kappa shape index (κ1) is 16.2. The Hall–Kier alpha value is -2.70. The number of hydrogen-bond donors (Lipinski definition) is 2. The molecule has 1 saturated heterocycles. The van der Waals surface area contributed by atoms with Crippen LogP contribution in [0.1, 0.15) is 24.8 Å². The molecule has 3 heterocycles. The highest BCUT2D eigenvalue weighted by Crippen LogP contribution is 2.16. The lowest BCUT2D eigenvalue weighted by molar-refractivity contribution is -0.127. The zero-order chi connectivity index (χ0) is 16.8. The van der Waals surface area contributed by atoms with Crippen LogP contribution in [0, 0.1) is 6.92 Å². The second-order valence-corrected chi connectivity index (χ2v) is 5.85. The van der Waals surface area contributed by atoms with Crippen LogP contribution in [0.2, 0.25) is 0 Å². The Bertz CT molecular complexity index is 691. The summed E-state index contributed by atoms with van der Waals surface area (Å²) in [5, 5.41) is 6.49. The number of aromatic nitrogens is 3. The molecule has 1 aliphatic heterocycles. The SMILES string of the molecule is Cc1cnc(Nc2ccncc2)nc1NCCCN1CCCC1=O. The topological polar surface area (TPSA) is 83.0 Å². The second kappa shape index (κ2) is 7.72. The van der Waals surface area contributed by atoms with Crippen LogP contribution in [0.4, 0.5) is 17.5 Å². The van der Waals surface area contributed by atoms with Gasteiger partial charge in [0, 0.05) is 55.9 Å². The zero-order valence-corrected chi connectivity index (χ0v) is 13.8. The van der Waals surface area contributed by atoms with Gasteiger partial charge in [-0.2, -0.15) is 4.98 Å². The number of carbonyl (C=O) groups is 1. The largest absolute Gasteiger partial charge is 0.370 e. The van der Waals surface area contributed by atoms with Gasteiger partial charge in [-0.1, -0.05) is 0 Å². The third-order valence-corrected chi connectivity index (χ3v) is 3.98. The summed E-state index contributed by atoms with van der Waals surface area (Å²) in [6, 6.07) is 3.73. The maximum absolute atomic E-state index is 11.6. The predicted octanol–water partition coefficient (Wildman–Crippen LogP) is 2.35. The maximum atomic E-state index is 11.6. The number of hydrogen-bond acceptors (Lipinski definition) is 6. The standard InChI is InChI=1S/C17H22N6O/c1-13-12-20-17(21-14-5-8-18-9-6-14)22-16(13)19-7-3-11-23-10-2-4-15(23)24/h5-6,8-9,12H,2-4,7,10-11H2,1H3,(H2,18,19,20,21,22). The molecule has 0 spiro atoms. The number of amides is 1. The molecule has 2 N–H and O–H groups in total. The Labute approximate surface area is 141 Å². The van der Waals surface area contributed by atoms with Crippen molar-refractivity contribution in [2.75, 3.05) is 30.3 Å². The normalized spacial score (nSPS) is 14.0. The first-order valence-electron chi connectivity index (χ1n) is 8.25. The van der Waals surface area contributed by atoms with E-state index in [9.17, 15) is 4.79 Å². The van der Waals surface area contributed by atoms with Gasteiger partial charge in [-0.3, -0.25) is 9.78 Å². The molecule has 1 amide bonds. The van der Waals surface area contributed by atoms with E-state index in [0.29, 0.717) is 12.4 Å². The van der Waals surface area contributed by atoms with Gasteiger partial charge >= 0.3 is 0 Å². The van der Waals surface area contributed by atoms with Crippen LogP contribution in [0.25, 0.3) is 0 Å². The molecule has 0 aromatic carbocycles. The molecule has 0 bridgehead atoms. The van der Waals surface area contributed by atoms with E-state index in [4.69, 9.17) is 0 Å². The first-order chi connectivity index (χ1) is 11.7. The number of nitrogens with one attached hydrogen (secondary N) is 2. The van der Waals surface area contributed by atoms with Crippen LogP contribution >= 0.6 is 0 Å². The summed E-state index contributed by atoms with van der Waals surface area (Å²) < 4.78 is 0. The number of pyridine rings is 1. The summed E-state index contributed by atoms with van der Waals surface area (Å²) >= 11 is 0. The van der Waals surface area contributed by atoms with Gasteiger partial charge in [-0.15, -0.1) is 0 Å². The third kappa shape index (κ3) is 4.18. The summed E-state index contributed by atoms with van der Waals surface area (Å²) in [7, 11) is 0. The van der Waals surface area contributed by atoms with E-state index in [2.05, 4.69) is 25.6 Å². The van der Waals surface area contributed by atoms with Crippen molar-refractivity contribution < 1.29 is 4.79 Å². The van der Waals surface area contributed by atoms with Crippen LogP contribution in [-0.2, 0) is 4.79 Å². The van der Waals surface area contributed by atoms with Crippen LogP contribution in [0.3, 0.4) is 0 Å². The van der Waals surface area contributed by atoms with Gasteiger partial charge in [-0.05, 0) is 31.9 Å². The van der Waals surface area contributed by atoms with Crippen molar-refractivity contribution in [1.29, 1.82) is 0 Å². The lowest BCUT2D eigenvalue weighted by Crippen LogP contribution is -2.27. The Morgan fingerprint density at radius 3 is 2.88 bits per heavy atom. The van der Waals surface area contributed by atoms with E-state index in [-0.39, 0.29) is 5.91 Å². The molecular weight excluding hydrogens is 304 g/mol. The lowest BCUT2D eigenvalue weighted by Gasteiger charge is -2.16. The Morgan fingerprint density at radius 1 is 1.29 bits per heavy atom. The summed E-state index contributed by atoms with van der Waals surface area (Å²) in [6.45, 7) is 4.45. The number of anilines is 3. The molecule has 7 heteroatoms. The number of nitrogens with zero attached hydrogens (tertiary/aromatic N) is 4. The Morgan fingerprint density at radius 2 is 2.12 bits per heavy atom. The van der Waals surface area contributed by atoms with Crippen LogP contribution < -0.4 is 10.6 Å². The van der Waals surface area contributed by atoms with E-state index in [0.717, 1.165) is 49.5 Å². The van der Waals surface area contributed by atoms with E-state index < -0.39 is 0 Å². The summed E-state index contributed by atoms with van der Waals surface area (Å²) in [5.41, 5.74) is 1.89. The fourth-order valence-electron chi connectivity index (χ4n) is 2.66. The summed E-state index contributed by atoms with van der Waals surface area (Å²) in [6.07, 6.45) is 7.82. The Kier molecular flexibility index (Phi) is 5.20. The van der Waals surface area contributed by atoms with Crippen LogP contribution in [0.15, 0.2) is 30.7 Å². The smallest absolute Gasteiger partial charge is 0.229 e. The fourth-order valence-corrected chi connectivity index (χ4v) is 2.66. The van der Waals surface area contributed by atoms with Crippen LogP contribution in [-0.4, -0.2) is 45.4 Å². The quantitative estimate of drug-likeness (QED) is 0.760. The molecule has 0 saturated carbocycles.